The summed E-state index contributed by atoms with van der Waals surface area (Å²) in [6, 6.07) is 8.25. The van der Waals surface area contributed by atoms with Gasteiger partial charge in [-0.15, -0.1) is 0 Å². The molecule has 0 bridgehead atoms. The maximum atomic E-state index is 10.8. The van der Waals surface area contributed by atoms with E-state index in [4.69, 9.17) is 5.11 Å². The molecule has 2 atom stereocenters. The third-order valence-corrected chi connectivity index (χ3v) is 2.11. The Morgan fingerprint density at radius 3 is 2.47 bits per heavy atom. The molecule has 0 aliphatic carbocycles. The molecular formula is C11H15NO3. The van der Waals surface area contributed by atoms with E-state index in [1.807, 2.05) is 6.07 Å². The number of carbonyl (C=O) groups excluding carboxylic acids is 1. The van der Waals surface area contributed by atoms with Gasteiger partial charge in [-0.05, 0) is 5.56 Å². The first-order valence-corrected chi connectivity index (χ1v) is 4.76. The van der Waals surface area contributed by atoms with E-state index in [0.717, 1.165) is 0 Å². The van der Waals surface area contributed by atoms with E-state index in [0.29, 0.717) is 5.56 Å². The average molecular weight is 209 g/mol. The highest BCUT2D eigenvalue weighted by molar-refractivity contribution is 5.73. The Bertz CT molecular complexity index is 313. The molecule has 0 radical (unpaired) electrons. The number of aliphatic hydroxyl groups excluding tert-OH is 2. The van der Waals surface area contributed by atoms with Crippen molar-refractivity contribution < 1.29 is 15.0 Å². The zero-order valence-electron chi connectivity index (χ0n) is 8.55. The summed E-state index contributed by atoms with van der Waals surface area (Å²) in [6.45, 7) is 1.05. The van der Waals surface area contributed by atoms with Crippen LogP contribution in [0.1, 0.15) is 18.6 Å². The second-order valence-corrected chi connectivity index (χ2v) is 3.35. The summed E-state index contributed by atoms with van der Waals surface area (Å²) >= 11 is 0. The lowest BCUT2D eigenvalue weighted by Gasteiger charge is -2.21. The summed E-state index contributed by atoms with van der Waals surface area (Å²) in [6.07, 6.45) is -0.889. The minimum Gasteiger partial charge on any atom is -0.394 e. The highest BCUT2D eigenvalue weighted by atomic mass is 16.3. The molecule has 1 aromatic rings. The smallest absolute Gasteiger partial charge is 0.217 e. The number of amides is 1. The van der Waals surface area contributed by atoms with Crippen LogP contribution in [-0.2, 0) is 4.79 Å². The van der Waals surface area contributed by atoms with Gasteiger partial charge in [0.05, 0.1) is 12.6 Å². The van der Waals surface area contributed by atoms with Gasteiger partial charge in [0.1, 0.15) is 6.10 Å². The van der Waals surface area contributed by atoms with Crippen LogP contribution in [0.5, 0.6) is 0 Å². The Morgan fingerprint density at radius 2 is 2.00 bits per heavy atom. The van der Waals surface area contributed by atoms with Gasteiger partial charge in [-0.3, -0.25) is 4.79 Å². The number of hydrogen-bond acceptors (Lipinski definition) is 3. The van der Waals surface area contributed by atoms with Crippen molar-refractivity contribution in [3.8, 4) is 0 Å². The normalized spacial score (nSPS) is 14.3. The molecule has 0 fully saturated rings. The summed E-state index contributed by atoms with van der Waals surface area (Å²) in [5, 5.41) is 21.4. The lowest BCUT2D eigenvalue weighted by molar-refractivity contribution is -0.121. The van der Waals surface area contributed by atoms with Crippen molar-refractivity contribution in [3.63, 3.8) is 0 Å². The topological polar surface area (TPSA) is 69.6 Å². The van der Waals surface area contributed by atoms with Crippen LogP contribution in [0.4, 0.5) is 0 Å². The molecule has 0 saturated carbocycles. The van der Waals surface area contributed by atoms with Crippen LogP contribution in [-0.4, -0.2) is 28.8 Å². The molecular weight excluding hydrogens is 194 g/mol. The van der Waals surface area contributed by atoms with E-state index in [2.05, 4.69) is 5.32 Å². The fourth-order valence-corrected chi connectivity index (χ4v) is 1.37. The van der Waals surface area contributed by atoms with Gasteiger partial charge in [-0.1, -0.05) is 30.3 Å². The largest absolute Gasteiger partial charge is 0.394 e. The first-order chi connectivity index (χ1) is 7.15. The molecule has 1 amide bonds. The molecule has 0 aromatic heterocycles. The van der Waals surface area contributed by atoms with E-state index in [1.165, 1.54) is 6.92 Å². The fourth-order valence-electron chi connectivity index (χ4n) is 1.37. The molecule has 0 spiro atoms. The van der Waals surface area contributed by atoms with Gasteiger partial charge >= 0.3 is 0 Å². The van der Waals surface area contributed by atoms with Gasteiger partial charge < -0.3 is 15.5 Å². The van der Waals surface area contributed by atoms with E-state index in [9.17, 15) is 9.90 Å². The number of aliphatic hydroxyl groups is 2. The Kier molecular flexibility index (Phi) is 4.27. The summed E-state index contributed by atoms with van der Waals surface area (Å²) in [5.41, 5.74) is 0.672. The highest BCUT2D eigenvalue weighted by Gasteiger charge is 2.20. The molecule has 0 aliphatic heterocycles. The number of hydrogen-bond donors (Lipinski definition) is 3. The van der Waals surface area contributed by atoms with Crippen molar-refractivity contribution in [1.29, 1.82) is 0 Å². The van der Waals surface area contributed by atoms with Gasteiger partial charge in [0, 0.05) is 6.92 Å². The lowest BCUT2D eigenvalue weighted by Crippen LogP contribution is -2.40. The number of rotatable bonds is 4. The van der Waals surface area contributed by atoms with E-state index < -0.39 is 12.1 Å². The SMILES string of the molecule is CC(=O)N[C@@H](CO)[C@@H](O)c1ccccc1. The first-order valence-electron chi connectivity index (χ1n) is 4.76. The molecule has 0 heterocycles. The molecule has 0 saturated heterocycles. The third kappa shape index (κ3) is 3.34. The molecule has 4 nitrogen and oxygen atoms in total. The van der Waals surface area contributed by atoms with Crippen LogP contribution in [0, 0.1) is 0 Å². The van der Waals surface area contributed by atoms with E-state index in [-0.39, 0.29) is 12.5 Å². The van der Waals surface area contributed by atoms with E-state index in [1.54, 1.807) is 24.3 Å². The molecule has 82 valence electrons. The zero-order chi connectivity index (χ0) is 11.3. The van der Waals surface area contributed by atoms with Crippen LogP contribution >= 0.6 is 0 Å². The summed E-state index contributed by atoms with van der Waals surface area (Å²) in [4.78, 5) is 10.8. The molecule has 1 aromatic carbocycles. The highest BCUT2D eigenvalue weighted by Crippen LogP contribution is 2.15. The fraction of sp³-hybridized carbons (Fsp3) is 0.364. The summed E-state index contributed by atoms with van der Waals surface area (Å²) < 4.78 is 0. The minimum atomic E-state index is -0.889. The van der Waals surface area contributed by atoms with Crippen molar-refractivity contribution in [2.45, 2.75) is 19.1 Å². The van der Waals surface area contributed by atoms with Crippen molar-refractivity contribution in [2.24, 2.45) is 0 Å². The maximum absolute atomic E-state index is 10.8. The lowest BCUT2D eigenvalue weighted by atomic mass is 10.0. The molecule has 0 aliphatic rings. The van der Waals surface area contributed by atoms with Crippen LogP contribution < -0.4 is 5.32 Å². The number of nitrogens with one attached hydrogen (secondary N) is 1. The molecule has 0 unspecified atom stereocenters. The minimum absolute atomic E-state index is 0.274. The second-order valence-electron chi connectivity index (χ2n) is 3.35. The van der Waals surface area contributed by atoms with Gasteiger partial charge in [0.2, 0.25) is 5.91 Å². The van der Waals surface area contributed by atoms with Crippen molar-refractivity contribution >= 4 is 5.91 Å². The Morgan fingerprint density at radius 1 is 1.40 bits per heavy atom. The zero-order valence-corrected chi connectivity index (χ0v) is 8.55. The van der Waals surface area contributed by atoms with Gasteiger partial charge in [0.15, 0.2) is 0 Å². The monoisotopic (exact) mass is 209 g/mol. The van der Waals surface area contributed by atoms with Crippen molar-refractivity contribution in [2.75, 3.05) is 6.61 Å². The standard InChI is InChI=1S/C11H15NO3/c1-8(14)12-10(7-13)11(15)9-5-3-2-4-6-9/h2-6,10-11,13,15H,7H2,1H3,(H,12,14)/t10-,11-/m0/s1. The van der Waals surface area contributed by atoms with Crippen LogP contribution in [0.25, 0.3) is 0 Å². The van der Waals surface area contributed by atoms with Gasteiger partial charge in [-0.25, -0.2) is 0 Å². The van der Waals surface area contributed by atoms with Gasteiger partial charge in [0.25, 0.3) is 0 Å². The van der Waals surface area contributed by atoms with Gasteiger partial charge in [-0.2, -0.15) is 0 Å². The molecule has 3 N–H and O–H groups in total. The summed E-state index contributed by atoms with van der Waals surface area (Å²) in [7, 11) is 0. The quantitative estimate of drug-likeness (QED) is 0.664. The van der Waals surface area contributed by atoms with Crippen LogP contribution in [0.3, 0.4) is 0 Å². The van der Waals surface area contributed by atoms with Crippen molar-refractivity contribution in [1.82, 2.24) is 5.32 Å². The first kappa shape index (κ1) is 11.7. The van der Waals surface area contributed by atoms with E-state index >= 15 is 0 Å². The predicted molar refractivity (Wildman–Crippen MR) is 56.1 cm³/mol. The number of benzene rings is 1. The Balaban J connectivity index is 2.73. The summed E-state index contributed by atoms with van der Waals surface area (Å²) in [5.74, 6) is -0.274. The predicted octanol–water partition coefficient (Wildman–Crippen LogP) is 0.217. The molecule has 15 heavy (non-hydrogen) atoms. The van der Waals surface area contributed by atoms with Crippen molar-refractivity contribution in [3.05, 3.63) is 35.9 Å². The maximum Gasteiger partial charge on any atom is 0.217 e. The second kappa shape index (κ2) is 5.48. The Labute approximate surface area is 88.6 Å². The number of carbonyl (C=O) groups is 1. The molecule has 4 heteroatoms. The van der Waals surface area contributed by atoms with Crippen LogP contribution in [0.2, 0.25) is 0 Å². The Hall–Kier alpha value is -1.39. The van der Waals surface area contributed by atoms with Crippen LogP contribution in [0.15, 0.2) is 30.3 Å². The third-order valence-electron chi connectivity index (χ3n) is 2.11. The molecule has 1 rings (SSSR count). The average Bonchev–Trinajstić information content (AvgIpc) is 2.26.